The third-order valence-electron chi connectivity index (χ3n) is 7.27. The molecular formula is C34H27Br5N4O8. The van der Waals surface area contributed by atoms with Crippen LogP contribution < -0.4 is 15.4 Å². The molecule has 0 aromatic heterocycles. The van der Waals surface area contributed by atoms with Crippen LogP contribution in [0.2, 0.25) is 0 Å². The number of aromatic hydroxyl groups is 3. The summed E-state index contributed by atoms with van der Waals surface area (Å²) in [7, 11) is 0. The van der Waals surface area contributed by atoms with Gasteiger partial charge < -0.3 is 30.7 Å². The number of nitrogens with zero attached hydrogens (tertiary/aromatic N) is 2. The molecule has 0 fully saturated rings. The predicted octanol–water partition coefficient (Wildman–Crippen LogP) is 8.91. The lowest BCUT2D eigenvalue weighted by atomic mass is 10.0. The lowest BCUT2D eigenvalue weighted by molar-refractivity contribution is -0.122. The molecule has 0 aliphatic rings. The fourth-order valence-corrected chi connectivity index (χ4v) is 7.41. The Morgan fingerprint density at radius 2 is 1.25 bits per heavy atom. The van der Waals surface area contributed by atoms with Crippen molar-refractivity contribution in [3.63, 3.8) is 0 Å². The molecule has 0 aliphatic heterocycles. The normalized spacial score (nSPS) is 12.3. The number of phenolic OH excluding ortho intramolecular Hbond substituents is 3. The molecule has 5 N–H and O–H groups in total. The molecular weight excluding hydrogens is 992 g/mol. The van der Waals surface area contributed by atoms with Gasteiger partial charge in [0.2, 0.25) is 5.91 Å². The van der Waals surface area contributed by atoms with Crippen molar-refractivity contribution in [1.82, 2.24) is 10.6 Å². The summed E-state index contributed by atoms with van der Waals surface area (Å²) in [6, 6.07) is 13.6. The maximum atomic E-state index is 12.7. The first-order valence-corrected chi connectivity index (χ1v) is 18.8. The van der Waals surface area contributed by atoms with E-state index in [2.05, 4.69) is 101 Å². The Balaban J connectivity index is 1.41. The molecule has 266 valence electrons. The van der Waals surface area contributed by atoms with Crippen LogP contribution in [0.5, 0.6) is 28.7 Å². The van der Waals surface area contributed by atoms with Gasteiger partial charge in [0.1, 0.15) is 11.5 Å². The molecule has 17 heteroatoms. The number of benzene rings is 4. The van der Waals surface area contributed by atoms with Gasteiger partial charge in [0.05, 0.1) is 22.4 Å². The summed E-state index contributed by atoms with van der Waals surface area (Å²) in [5, 5.41) is 41.3. The van der Waals surface area contributed by atoms with Gasteiger partial charge in [0, 0.05) is 25.6 Å². The summed E-state index contributed by atoms with van der Waals surface area (Å²) in [6.45, 7) is 0.255. The van der Waals surface area contributed by atoms with E-state index >= 15 is 0 Å². The summed E-state index contributed by atoms with van der Waals surface area (Å²) in [5.74, 6) is -1.01. The van der Waals surface area contributed by atoms with Crippen molar-refractivity contribution >= 4 is 97.5 Å². The van der Waals surface area contributed by atoms with Crippen LogP contribution in [0.1, 0.15) is 22.3 Å². The first-order chi connectivity index (χ1) is 24.3. The van der Waals surface area contributed by atoms with E-state index in [-0.39, 0.29) is 52.6 Å². The third kappa shape index (κ3) is 11.2. The van der Waals surface area contributed by atoms with Crippen LogP contribution in [-0.4, -0.2) is 45.8 Å². The van der Waals surface area contributed by atoms with Crippen LogP contribution >= 0.6 is 79.6 Å². The quantitative estimate of drug-likeness (QED) is 0.0731. The third-order valence-corrected chi connectivity index (χ3v) is 10.3. The van der Waals surface area contributed by atoms with Crippen molar-refractivity contribution in [3.8, 4) is 28.7 Å². The van der Waals surface area contributed by atoms with E-state index in [1.54, 1.807) is 48.5 Å². The van der Waals surface area contributed by atoms with Crippen molar-refractivity contribution in [2.45, 2.75) is 31.3 Å². The fraction of sp³-hybridized carbons (Fsp3) is 0.176. The molecule has 0 saturated heterocycles. The highest BCUT2D eigenvalue weighted by Gasteiger charge is 2.24. The molecule has 0 saturated carbocycles. The Bertz CT molecular complexity index is 1970. The van der Waals surface area contributed by atoms with E-state index in [0.717, 1.165) is 5.56 Å². The fourth-order valence-electron chi connectivity index (χ4n) is 4.66. The second-order valence-corrected chi connectivity index (χ2v) is 15.2. The highest BCUT2D eigenvalue weighted by Crippen LogP contribution is 2.43. The molecule has 4 rings (SSSR count). The first-order valence-electron chi connectivity index (χ1n) is 14.8. The van der Waals surface area contributed by atoms with Gasteiger partial charge in [-0.05, 0) is 163 Å². The lowest BCUT2D eigenvalue weighted by Crippen LogP contribution is -2.35. The minimum Gasteiger partial charge on any atom is -0.507 e. The molecule has 0 heterocycles. The number of carbonyl (C=O) groups excluding carboxylic acids is 2. The molecule has 0 spiro atoms. The van der Waals surface area contributed by atoms with Gasteiger partial charge in [0.25, 0.3) is 5.91 Å². The number of rotatable bonds is 15. The smallest absolute Gasteiger partial charge is 0.252 e. The second-order valence-electron chi connectivity index (χ2n) is 10.9. The van der Waals surface area contributed by atoms with E-state index in [0.29, 0.717) is 41.0 Å². The number of amides is 2. The summed E-state index contributed by atoms with van der Waals surface area (Å²) < 4.78 is 8.15. The number of halogens is 5. The predicted molar refractivity (Wildman–Crippen MR) is 210 cm³/mol. The van der Waals surface area contributed by atoms with Gasteiger partial charge >= 0.3 is 0 Å². The van der Waals surface area contributed by atoms with Crippen molar-refractivity contribution in [3.05, 3.63) is 121 Å². The van der Waals surface area contributed by atoms with Crippen molar-refractivity contribution in [1.29, 1.82) is 0 Å². The van der Waals surface area contributed by atoms with Crippen molar-refractivity contribution in [2.75, 3.05) is 6.54 Å². The summed E-state index contributed by atoms with van der Waals surface area (Å²) >= 11 is 16.7. The van der Waals surface area contributed by atoms with Crippen LogP contribution in [0.25, 0.3) is 6.08 Å². The highest BCUT2D eigenvalue weighted by atomic mass is 79.9. The Kier molecular flexibility index (Phi) is 14.7. The highest BCUT2D eigenvalue weighted by molar-refractivity contribution is 9.11. The molecule has 0 aliphatic carbocycles. The van der Waals surface area contributed by atoms with Gasteiger partial charge in [-0.15, -0.1) is 9.81 Å². The number of phenols is 3. The summed E-state index contributed by atoms with van der Waals surface area (Å²) in [6.07, 6.45) is 3.30. The van der Waals surface area contributed by atoms with Gasteiger partial charge in [-0.2, -0.15) is 0 Å². The Hall–Kier alpha value is -3.64. The van der Waals surface area contributed by atoms with Crippen LogP contribution in [0.4, 0.5) is 0 Å². The van der Waals surface area contributed by atoms with E-state index in [4.69, 9.17) is 4.74 Å². The number of hydrogen-bond acceptors (Lipinski definition) is 10. The molecule has 4 aromatic carbocycles. The topological polar surface area (TPSA) is 187 Å². The maximum Gasteiger partial charge on any atom is 0.252 e. The zero-order chi connectivity index (χ0) is 37.2. The summed E-state index contributed by atoms with van der Waals surface area (Å²) in [4.78, 5) is 48.8. The van der Waals surface area contributed by atoms with E-state index in [9.17, 15) is 34.7 Å². The first kappa shape index (κ1) is 40.1. The number of nitrogens with one attached hydrogen (secondary N) is 2. The second kappa shape index (κ2) is 18.7. The van der Waals surface area contributed by atoms with Crippen LogP contribution in [-0.2, 0) is 28.9 Å². The largest absolute Gasteiger partial charge is 0.507 e. The minimum absolute atomic E-state index is 0.00357. The van der Waals surface area contributed by atoms with Crippen LogP contribution in [0.3, 0.4) is 0 Å². The Morgan fingerprint density at radius 3 is 1.86 bits per heavy atom. The average Bonchev–Trinajstić information content (AvgIpc) is 3.09. The molecule has 2 unspecified atom stereocenters. The summed E-state index contributed by atoms with van der Waals surface area (Å²) in [5.41, 5.74) is 2.59. The van der Waals surface area contributed by atoms with Gasteiger partial charge in [-0.1, -0.05) is 22.5 Å². The van der Waals surface area contributed by atoms with Gasteiger partial charge in [-0.3, -0.25) is 9.59 Å². The number of carbonyl (C=O) groups is 2. The standard InChI is InChI=1S/C34H27Br5N4O8/c35-21-9-17(1-3-28(21)44)5-7-40-33(47)26(42-49)14-19-12-24(38)32(25(39)13-19)51-30-16-20(11-23(37)31(30)46)15-27(43-50)34(48)41-8-6-18-2-4-29(45)22(36)10-18/h1-4,6,8-13,16,26-27,44-46H,5,7,14-15H2,(H,40,47)(H,41,48)/b8-6+. The zero-order valence-corrected chi connectivity index (χ0v) is 34.0. The average molecular weight is 1020 g/mol. The molecule has 51 heavy (non-hydrogen) atoms. The van der Waals surface area contributed by atoms with Crippen LogP contribution in [0.15, 0.2) is 99.6 Å². The van der Waals surface area contributed by atoms with Crippen molar-refractivity contribution in [2.24, 2.45) is 10.4 Å². The minimum atomic E-state index is -1.31. The van der Waals surface area contributed by atoms with E-state index in [1.165, 1.54) is 24.4 Å². The SMILES string of the molecule is O=NC(Cc1cc(Br)c(O)c(Oc2c(Br)cc(CC(N=O)C(=O)NCCc3ccc(O)c(Br)c3)cc2Br)c1)C(=O)N/C=C/c1ccc(O)c(Br)c1. The monoisotopic (exact) mass is 1010 g/mol. The molecule has 0 bridgehead atoms. The number of hydrogen-bond donors (Lipinski definition) is 5. The van der Waals surface area contributed by atoms with Crippen LogP contribution in [0, 0.1) is 9.81 Å². The van der Waals surface area contributed by atoms with E-state index < -0.39 is 23.9 Å². The molecule has 2 atom stereocenters. The zero-order valence-electron chi connectivity index (χ0n) is 26.1. The molecule has 12 nitrogen and oxygen atoms in total. The van der Waals surface area contributed by atoms with Gasteiger partial charge in [0.15, 0.2) is 29.3 Å². The van der Waals surface area contributed by atoms with Crippen molar-refractivity contribution < 1.29 is 29.6 Å². The van der Waals surface area contributed by atoms with E-state index in [1.807, 2.05) is 0 Å². The lowest BCUT2D eigenvalue weighted by Gasteiger charge is -2.16. The molecule has 2 amide bonds. The van der Waals surface area contributed by atoms with Gasteiger partial charge in [-0.25, -0.2) is 0 Å². The Morgan fingerprint density at radius 1 is 0.706 bits per heavy atom. The maximum absolute atomic E-state index is 12.7. The molecule has 4 aromatic rings. The molecule has 0 radical (unpaired) electrons. The Labute approximate surface area is 333 Å². The number of nitroso groups, excluding NO2 is 2. The number of ether oxygens (including phenoxy) is 1.